The maximum Gasteiger partial charge on any atom is 0.256 e. The van der Waals surface area contributed by atoms with Gasteiger partial charge in [-0.15, -0.1) is 0 Å². The molecule has 0 fully saturated rings. The van der Waals surface area contributed by atoms with Crippen LogP contribution in [0.15, 0.2) is 46.9 Å². The number of para-hydroxylation sites is 1. The molecule has 4 heteroatoms. The van der Waals surface area contributed by atoms with Gasteiger partial charge in [0.05, 0.1) is 10.0 Å². The summed E-state index contributed by atoms with van der Waals surface area (Å²) in [6, 6.07) is 12.1. The Morgan fingerprint density at radius 3 is 2.67 bits per heavy atom. The summed E-state index contributed by atoms with van der Waals surface area (Å²) in [6.45, 7) is 4.22. The Kier molecular flexibility index (Phi) is 5.12. The van der Waals surface area contributed by atoms with E-state index >= 15 is 0 Å². The van der Waals surface area contributed by atoms with Crippen LogP contribution in [0.5, 0.6) is 0 Å². The summed E-state index contributed by atoms with van der Waals surface area (Å²) in [5.41, 5.74) is 2.14. The van der Waals surface area contributed by atoms with Crippen molar-refractivity contribution >= 4 is 27.5 Å². The van der Waals surface area contributed by atoms with Crippen molar-refractivity contribution in [3.63, 3.8) is 0 Å². The lowest BCUT2D eigenvalue weighted by Gasteiger charge is -2.16. The summed E-state index contributed by atoms with van der Waals surface area (Å²) >= 11 is 3.12. The lowest BCUT2D eigenvalue weighted by atomic mass is 9.97. The molecule has 0 aromatic heterocycles. The van der Waals surface area contributed by atoms with Crippen LogP contribution in [-0.4, -0.2) is 5.91 Å². The average Bonchev–Trinajstić information content (AvgIpc) is 2.49. The molecule has 0 aliphatic rings. The van der Waals surface area contributed by atoms with E-state index in [9.17, 15) is 9.18 Å². The molecule has 1 amide bonds. The number of anilines is 1. The summed E-state index contributed by atoms with van der Waals surface area (Å²) in [7, 11) is 0. The van der Waals surface area contributed by atoms with Crippen molar-refractivity contribution in [1.82, 2.24) is 0 Å². The van der Waals surface area contributed by atoms with Crippen LogP contribution < -0.4 is 5.32 Å². The average molecular weight is 350 g/mol. The Morgan fingerprint density at radius 2 is 1.95 bits per heavy atom. The monoisotopic (exact) mass is 349 g/mol. The predicted molar refractivity (Wildman–Crippen MR) is 87.2 cm³/mol. The quantitative estimate of drug-likeness (QED) is 0.791. The lowest BCUT2D eigenvalue weighted by molar-refractivity contribution is 0.102. The largest absolute Gasteiger partial charge is 0.322 e. The first-order valence-electron chi connectivity index (χ1n) is 6.88. The van der Waals surface area contributed by atoms with E-state index in [0.29, 0.717) is 5.92 Å². The number of amides is 1. The second kappa shape index (κ2) is 6.85. The number of hydrogen-bond donors (Lipinski definition) is 1. The third kappa shape index (κ3) is 3.50. The summed E-state index contributed by atoms with van der Waals surface area (Å²) in [5.74, 6) is -0.424. The van der Waals surface area contributed by atoms with E-state index in [1.54, 1.807) is 6.07 Å². The van der Waals surface area contributed by atoms with Crippen LogP contribution in [0.2, 0.25) is 0 Å². The Bertz CT molecular complexity index is 657. The Morgan fingerprint density at radius 1 is 1.24 bits per heavy atom. The molecule has 0 bridgehead atoms. The van der Waals surface area contributed by atoms with Gasteiger partial charge in [0.2, 0.25) is 0 Å². The number of halogens is 2. The van der Waals surface area contributed by atoms with E-state index in [1.807, 2.05) is 24.3 Å². The molecule has 2 rings (SSSR count). The maximum absolute atomic E-state index is 13.5. The van der Waals surface area contributed by atoms with Crippen LogP contribution in [0.25, 0.3) is 0 Å². The van der Waals surface area contributed by atoms with Crippen LogP contribution in [0.3, 0.4) is 0 Å². The molecule has 1 N–H and O–H groups in total. The fourth-order valence-corrected chi connectivity index (χ4v) is 2.57. The second-order valence-electron chi connectivity index (χ2n) is 4.95. The first-order valence-corrected chi connectivity index (χ1v) is 7.68. The molecule has 2 aromatic rings. The SMILES string of the molecule is CCC(C)c1ccccc1NC(=O)c1cccc(F)c1Br. The van der Waals surface area contributed by atoms with Crippen LogP contribution in [-0.2, 0) is 0 Å². The van der Waals surface area contributed by atoms with Gasteiger partial charge in [-0.2, -0.15) is 0 Å². The minimum atomic E-state index is -0.446. The van der Waals surface area contributed by atoms with Crippen molar-refractivity contribution in [2.45, 2.75) is 26.2 Å². The van der Waals surface area contributed by atoms with Gasteiger partial charge in [0.25, 0.3) is 5.91 Å². The molecule has 0 heterocycles. The highest BCUT2D eigenvalue weighted by molar-refractivity contribution is 9.10. The van der Waals surface area contributed by atoms with Crippen LogP contribution in [0.1, 0.15) is 42.1 Å². The number of nitrogens with one attached hydrogen (secondary N) is 1. The minimum absolute atomic E-state index is 0.184. The van der Waals surface area contributed by atoms with Gasteiger partial charge >= 0.3 is 0 Å². The predicted octanol–water partition coefficient (Wildman–Crippen LogP) is 5.35. The molecular formula is C17H17BrFNO. The third-order valence-corrected chi connectivity index (χ3v) is 4.35. The van der Waals surface area contributed by atoms with E-state index in [2.05, 4.69) is 35.1 Å². The smallest absolute Gasteiger partial charge is 0.256 e. The first kappa shape index (κ1) is 15.7. The van der Waals surface area contributed by atoms with Crippen molar-refractivity contribution in [3.05, 3.63) is 63.9 Å². The normalized spacial score (nSPS) is 12.0. The standard InChI is InChI=1S/C17H17BrFNO/c1-3-11(2)12-7-4-5-10-15(12)20-17(21)13-8-6-9-14(19)16(13)18/h4-11H,3H2,1-2H3,(H,20,21). The molecule has 0 spiro atoms. The van der Waals surface area contributed by atoms with Crippen molar-refractivity contribution in [2.75, 3.05) is 5.32 Å². The first-order chi connectivity index (χ1) is 10.0. The highest BCUT2D eigenvalue weighted by Gasteiger charge is 2.15. The molecule has 110 valence electrons. The molecule has 0 saturated carbocycles. The van der Waals surface area contributed by atoms with Crippen LogP contribution in [0.4, 0.5) is 10.1 Å². The third-order valence-electron chi connectivity index (χ3n) is 3.55. The number of rotatable bonds is 4. The number of carbonyl (C=O) groups excluding carboxylic acids is 1. The van der Waals surface area contributed by atoms with Gasteiger partial charge in [-0.3, -0.25) is 4.79 Å². The van der Waals surface area contributed by atoms with E-state index in [0.717, 1.165) is 17.7 Å². The zero-order chi connectivity index (χ0) is 15.4. The molecule has 0 saturated heterocycles. The molecule has 0 aliphatic heterocycles. The number of hydrogen-bond acceptors (Lipinski definition) is 1. The van der Waals surface area contributed by atoms with E-state index < -0.39 is 5.82 Å². The molecule has 0 aliphatic carbocycles. The van der Waals surface area contributed by atoms with Crippen LogP contribution >= 0.6 is 15.9 Å². The van der Waals surface area contributed by atoms with E-state index in [4.69, 9.17) is 0 Å². The Balaban J connectivity index is 2.30. The van der Waals surface area contributed by atoms with Gasteiger partial charge in [-0.05, 0) is 52.0 Å². The van der Waals surface area contributed by atoms with Crippen molar-refractivity contribution < 1.29 is 9.18 Å². The van der Waals surface area contributed by atoms with E-state index in [1.165, 1.54) is 12.1 Å². The molecule has 2 nitrogen and oxygen atoms in total. The summed E-state index contributed by atoms with van der Waals surface area (Å²) in [6.07, 6.45) is 0.983. The van der Waals surface area contributed by atoms with E-state index in [-0.39, 0.29) is 15.9 Å². The number of carbonyl (C=O) groups is 1. The van der Waals surface area contributed by atoms with Gasteiger partial charge in [0.15, 0.2) is 0 Å². The van der Waals surface area contributed by atoms with Crippen molar-refractivity contribution in [3.8, 4) is 0 Å². The topological polar surface area (TPSA) is 29.1 Å². The maximum atomic E-state index is 13.5. The zero-order valence-electron chi connectivity index (χ0n) is 12.0. The van der Waals surface area contributed by atoms with Crippen LogP contribution in [0, 0.1) is 5.82 Å². The van der Waals surface area contributed by atoms with Gasteiger partial charge in [0, 0.05) is 5.69 Å². The van der Waals surface area contributed by atoms with Gasteiger partial charge in [-0.1, -0.05) is 38.1 Å². The summed E-state index contributed by atoms with van der Waals surface area (Å²) < 4.78 is 13.7. The summed E-state index contributed by atoms with van der Waals surface area (Å²) in [5, 5.41) is 2.87. The summed E-state index contributed by atoms with van der Waals surface area (Å²) in [4.78, 5) is 12.3. The number of benzene rings is 2. The molecule has 1 atom stereocenters. The molecule has 21 heavy (non-hydrogen) atoms. The Hall–Kier alpha value is -1.68. The fraction of sp³-hybridized carbons (Fsp3) is 0.235. The fourth-order valence-electron chi connectivity index (χ4n) is 2.13. The molecule has 1 unspecified atom stereocenters. The molecule has 0 radical (unpaired) electrons. The zero-order valence-corrected chi connectivity index (χ0v) is 13.6. The minimum Gasteiger partial charge on any atom is -0.322 e. The van der Waals surface area contributed by atoms with Crippen molar-refractivity contribution in [2.24, 2.45) is 0 Å². The molecule has 2 aromatic carbocycles. The highest BCUT2D eigenvalue weighted by Crippen LogP contribution is 2.28. The Labute approximate surface area is 132 Å². The molecular weight excluding hydrogens is 333 g/mol. The van der Waals surface area contributed by atoms with Gasteiger partial charge < -0.3 is 5.32 Å². The lowest BCUT2D eigenvalue weighted by Crippen LogP contribution is -2.15. The van der Waals surface area contributed by atoms with Crippen molar-refractivity contribution in [1.29, 1.82) is 0 Å². The highest BCUT2D eigenvalue weighted by atomic mass is 79.9. The second-order valence-corrected chi connectivity index (χ2v) is 5.75. The van der Waals surface area contributed by atoms with Gasteiger partial charge in [0.1, 0.15) is 5.82 Å². The van der Waals surface area contributed by atoms with Gasteiger partial charge in [-0.25, -0.2) is 4.39 Å².